The number of nitrogens with zero attached hydrogens (tertiary/aromatic N) is 3. The molecule has 0 radical (unpaired) electrons. The highest BCUT2D eigenvalue weighted by Gasteiger charge is 2.25. The van der Waals surface area contributed by atoms with E-state index >= 15 is 0 Å². The highest BCUT2D eigenvalue weighted by molar-refractivity contribution is 5.98. The van der Waals surface area contributed by atoms with Gasteiger partial charge in [-0.1, -0.05) is 168 Å². The maximum atomic E-state index is 9.14. The van der Waals surface area contributed by atoms with E-state index in [1.807, 2.05) is 26.1 Å². The third-order valence-corrected chi connectivity index (χ3v) is 13.2. The molecule has 0 amide bonds. The van der Waals surface area contributed by atoms with Gasteiger partial charge in [-0.2, -0.15) is 0 Å². The lowest BCUT2D eigenvalue weighted by Gasteiger charge is -2.21. The number of para-hydroxylation sites is 1. The summed E-state index contributed by atoms with van der Waals surface area (Å²) < 4.78 is 17.7. The van der Waals surface area contributed by atoms with E-state index in [9.17, 15) is 0 Å². The van der Waals surface area contributed by atoms with Gasteiger partial charge in [-0.15, -0.1) is 0 Å². The Balaban J connectivity index is 1.20. The van der Waals surface area contributed by atoms with E-state index in [-0.39, 0.29) is 5.41 Å². The minimum Gasteiger partial charge on any atom is -0.496 e. The Morgan fingerprint density at radius 3 is 1.81 bits per heavy atom. The van der Waals surface area contributed by atoms with E-state index in [2.05, 4.69) is 221 Å². The summed E-state index contributed by atoms with van der Waals surface area (Å²) in [6.07, 6.45) is 1.91. The molecule has 0 aliphatic carbocycles. The van der Waals surface area contributed by atoms with Crippen molar-refractivity contribution in [1.82, 2.24) is 14.5 Å². The largest absolute Gasteiger partial charge is 0.496 e. The summed E-state index contributed by atoms with van der Waals surface area (Å²) in [6, 6.07) is 67.1. The van der Waals surface area contributed by atoms with E-state index in [0.29, 0.717) is 0 Å². The lowest BCUT2D eigenvalue weighted by molar-refractivity contribution is 0.413. The highest BCUT2D eigenvalue weighted by Crippen LogP contribution is 2.44. The number of pyridine rings is 1. The van der Waals surface area contributed by atoms with Crippen molar-refractivity contribution in [3.05, 3.63) is 217 Å². The molecule has 2 aromatic heterocycles. The van der Waals surface area contributed by atoms with Crippen LogP contribution >= 0.6 is 0 Å². The van der Waals surface area contributed by atoms with Crippen molar-refractivity contribution in [2.45, 2.75) is 59.8 Å². The molecule has 0 saturated heterocycles. The Morgan fingerprint density at radius 1 is 0.529 bits per heavy atom. The molecule has 4 nitrogen and oxygen atoms in total. The van der Waals surface area contributed by atoms with Crippen molar-refractivity contribution in [2.24, 2.45) is 0 Å². The second-order valence-electron chi connectivity index (χ2n) is 19.2. The van der Waals surface area contributed by atoms with Crippen LogP contribution in [0.1, 0.15) is 64.1 Å². The molecular weight excluding hydrogens is 827 g/mol. The third-order valence-electron chi connectivity index (χ3n) is 13.2. The van der Waals surface area contributed by atoms with E-state index in [4.69, 9.17) is 16.1 Å². The lowest BCUT2D eigenvalue weighted by Crippen LogP contribution is -2.10. The predicted molar refractivity (Wildman–Crippen MR) is 286 cm³/mol. The third kappa shape index (κ3) is 8.55. The fraction of sp³-hybridized carbons (Fsp3) is 0.156. The zero-order chi connectivity index (χ0) is 48.0. The first-order chi connectivity index (χ1) is 33.2. The molecule has 0 fully saturated rings. The van der Waals surface area contributed by atoms with Crippen LogP contribution < -0.4 is 4.74 Å². The second-order valence-corrected chi connectivity index (χ2v) is 19.2. The average molecular weight is 885 g/mol. The highest BCUT2D eigenvalue weighted by atomic mass is 16.5. The summed E-state index contributed by atoms with van der Waals surface area (Å²) in [7, 11) is 1.74. The van der Waals surface area contributed by atoms with Gasteiger partial charge in [0, 0.05) is 24.3 Å². The van der Waals surface area contributed by atoms with Gasteiger partial charge in [-0.05, 0) is 147 Å². The zero-order valence-corrected chi connectivity index (χ0v) is 40.2. The summed E-state index contributed by atoms with van der Waals surface area (Å²) in [5.41, 5.74) is 20.9. The fourth-order valence-electron chi connectivity index (χ4n) is 9.55. The van der Waals surface area contributed by atoms with Gasteiger partial charge in [0.1, 0.15) is 11.6 Å². The number of hydrogen-bond donors (Lipinski definition) is 0. The van der Waals surface area contributed by atoms with Crippen LogP contribution in [0, 0.1) is 13.8 Å². The molecule has 0 aliphatic heterocycles. The normalized spacial score (nSPS) is 12.0. The van der Waals surface area contributed by atoms with Gasteiger partial charge in [-0.3, -0.25) is 9.55 Å². The number of imidazole rings is 1. The first-order valence-electron chi connectivity index (χ1n) is 24.0. The number of hydrogen-bond acceptors (Lipinski definition) is 3. The number of ether oxygens (including phenoxy) is 1. The number of benzene rings is 8. The van der Waals surface area contributed by atoms with Crippen molar-refractivity contribution in [3.8, 4) is 89.7 Å². The number of rotatable bonds is 10. The van der Waals surface area contributed by atoms with Crippen LogP contribution in [0.4, 0.5) is 0 Å². The molecular formula is C64H57N3O. The van der Waals surface area contributed by atoms with Crippen molar-refractivity contribution in [1.29, 1.82) is 0 Å². The topological polar surface area (TPSA) is 39.9 Å². The molecule has 0 aliphatic rings. The fourth-order valence-corrected chi connectivity index (χ4v) is 9.55. The molecule has 4 heteroatoms. The number of fused-ring (bicyclic) bond motifs is 1. The molecule has 68 heavy (non-hydrogen) atoms. The van der Waals surface area contributed by atoms with Crippen LogP contribution in [-0.2, 0) is 5.41 Å². The second kappa shape index (κ2) is 18.1. The summed E-state index contributed by atoms with van der Waals surface area (Å²) in [5.74, 6) is 0.747. The molecule has 0 unspecified atom stereocenters. The standard InChI is InChI=1S/C64H57N3O/c1-41(2)49-28-31-59(56(39-49)48-26-29-54(30-27-48)64(5,6)7)67-60-21-15-20-55(61(60)66-63(67)57-35-42(3)34-43(4)62(57)68-8)52-36-51(45-18-13-10-14-19-45)37-53(38-52)58-40-50(32-33-65-58)47-24-22-46(23-25-47)44-16-11-9-12-17-44/h9-41H,1-8H3/i41D. The van der Waals surface area contributed by atoms with Crippen LogP contribution in [0.5, 0.6) is 5.75 Å². The number of aromatic nitrogens is 3. The maximum Gasteiger partial charge on any atom is 0.149 e. The Morgan fingerprint density at radius 2 is 1.15 bits per heavy atom. The smallest absolute Gasteiger partial charge is 0.149 e. The molecule has 0 saturated carbocycles. The summed E-state index contributed by atoms with van der Waals surface area (Å²) in [4.78, 5) is 10.7. The Kier molecular flexibility index (Phi) is 11.4. The van der Waals surface area contributed by atoms with Crippen molar-refractivity contribution < 1.29 is 6.11 Å². The molecule has 0 spiro atoms. The van der Waals surface area contributed by atoms with Crippen LogP contribution in [-0.4, -0.2) is 21.6 Å². The van der Waals surface area contributed by atoms with Gasteiger partial charge in [0.05, 0.1) is 35.1 Å². The van der Waals surface area contributed by atoms with E-state index in [0.717, 1.165) is 106 Å². The average Bonchev–Trinajstić information content (AvgIpc) is 3.76. The molecule has 10 rings (SSSR count). The minimum absolute atomic E-state index is 0.00171. The zero-order valence-electron chi connectivity index (χ0n) is 41.2. The monoisotopic (exact) mass is 884 g/mol. The van der Waals surface area contributed by atoms with Gasteiger partial charge >= 0.3 is 0 Å². The van der Waals surface area contributed by atoms with Gasteiger partial charge < -0.3 is 4.74 Å². The predicted octanol–water partition coefficient (Wildman–Crippen LogP) is 17.1. The Hall–Kier alpha value is -7.82. The van der Waals surface area contributed by atoms with Crippen LogP contribution in [0.15, 0.2) is 194 Å². The van der Waals surface area contributed by atoms with Crippen LogP contribution in [0.2, 0.25) is 0 Å². The Bertz CT molecular complexity index is 3490. The van der Waals surface area contributed by atoms with Gasteiger partial charge in [-0.25, -0.2) is 4.98 Å². The van der Waals surface area contributed by atoms with Crippen LogP contribution in [0.25, 0.3) is 95.0 Å². The van der Waals surface area contributed by atoms with Crippen molar-refractivity contribution in [3.63, 3.8) is 0 Å². The summed E-state index contributed by atoms with van der Waals surface area (Å²) in [5, 5.41) is 0. The Labute approximate surface area is 403 Å². The maximum absolute atomic E-state index is 9.14. The minimum atomic E-state index is -0.814. The SMILES string of the molecule is [2H]C(C)(C)c1ccc(-n2c(-c3cc(C)cc(C)c3OC)nc3c(-c4cc(-c5ccccc5)cc(-c5cc(-c6ccc(-c7ccccc7)cc6)ccn5)c4)cccc32)c(-c2ccc(C(C)(C)C)cc2)c1. The molecule has 8 aromatic carbocycles. The van der Waals surface area contributed by atoms with Crippen LogP contribution in [0.3, 0.4) is 0 Å². The quantitative estimate of drug-likeness (QED) is 0.137. The first kappa shape index (κ1) is 42.8. The number of aryl methyl sites for hydroxylation is 2. The van der Waals surface area contributed by atoms with E-state index < -0.39 is 5.89 Å². The molecule has 2 heterocycles. The first-order valence-corrected chi connectivity index (χ1v) is 23.5. The van der Waals surface area contributed by atoms with E-state index in [1.165, 1.54) is 16.7 Å². The lowest BCUT2D eigenvalue weighted by atomic mass is 9.86. The molecule has 334 valence electrons. The summed E-state index contributed by atoms with van der Waals surface area (Å²) in [6.45, 7) is 14.9. The van der Waals surface area contributed by atoms with Gasteiger partial charge in [0.2, 0.25) is 0 Å². The molecule has 10 aromatic rings. The number of methoxy groups -OCH3 is 1. The molecule has 0 N–H and O–H groups in total. The van der Waals surface area contributed by atoms with Crippen molar-refractivity contribution >= 4 is 11.0 Å². The molecule has 0 bridgehead atoms. The van der Waals surface area contributed by atoms with E-state index in [1.54, 1.807) is 7.11 Å². The molecule has 0 atom stereocenters. The summed E-state index contributed by atoms with van der Waals surface area (Å²) >= 11 is 0. The van der Waals surface area contributed by atoms with Crippen molar-refractivity contribution in [2.75, 3.05) is 7.11 Å². The van der Waals surface area contributed by atoms with Gasteiger partial charge in [0.25, 0.3) is 0 Å². The van der Waals surface area contributed by atoms with Gasteiger partial charge in [0.15, 0.2) is 0 Å².